The molecule has 2 aromatic rings. The van der Waals surface area contributed by atoms with Crippen LogP contribution in [0, 0.1) is 0 Å². The van der Waals surface area contributed by atoms with Crippen LogP contribution >= 0.6 is 0 Å². The van der Waals surface area contributed by atoms with Crippen LogP contribution in [0.15, 0.2) is 127 Å². The Labute approximate surface area is 253 Å². The minimum atomic E-state index is -0.831. The molecule has 0 saturated heterocycles. The number of esters is 2. The maximum absolute atomic E-state index is 11.2. The molecule has 0 radical (unpaired) electrons. The van der Waals surface area contributed by atoms with Gasteiger partial charge in [-0.05, 0) is 66.5 Å². The molecule has 0 saturated carbocycles. The van der Waals surface area contributed by atoms with Gasteiger partial charge in [0.2, 0.25) is 0 Å². The number of aliphatic hydroxyl groups is 1. The van der Waals surface area contributed by atoms with Crippen molar-refractivity contribution in [1.82, 2.24) is 0 Å². The number of hydrogen-bond donors (Lipinski definition) is 2. The van der Waals surface area contributed by atoms with Crippen molar-refractivity contribution in [2.45, 2.75) is 39.0 Å². The first-order valence-corrected chi connectivity index (χ1v) is 13.6. The van der Waals surface area contributed by atoms with E-state index in [1.54, 1.807) is 18.2 Å². The molecule has 0 atom stereocenters. The third-order valence-corrected chi connectivity index (χ3v) is 5.85. The van der Waals surface area contributed by atoms with Crippen molar-refractivity contribution in [3.63, 3.8) is 0 Å². The van der Waals surface area contributed by atoms with Gasteiger partial charge in [-0.25, -0.2) is 14.4 Å². The summed E-state index contributed by atoms with van der Waals surface area (Å²) in [5.74, 6) is -1.19. The van der Waals surface area contributed by atoms with Crippen LogP contribution in [0.4, 0.5) is 4.70 Å². The summed E-state index contributed by atoms with van der Waals surface area (Å²) < 4.78 is 9.23. The van der Waals surface area contributed by atoms with Gasteiger partial charge in [0, 0.05) is 24.3 Å². The van der Waals surface area contributed by atoms with Gasteiger partial charge in [-0.1, -0.05) is 92.9 Å². The molecule has 2 aromatic carbocycles. The lowest BCUT2D eigenvalue weighted by molar-refractivity contribution is -0.135. The fraction of sp³-hybridized carbons (Fsp3) is 0.229. The van der Waals surface area contributed by atoms with Gasteiger partial charge < -0.3 is 19.7 Å². The van der Waals surface area contributed by atoms with E-state index >= 15 is 0 Å². The number of aliphatic hydroxyl groups excluding tert-OH is 1. The number of carbonyl (C=O) groups is 3. The summed E-state index contributed by atoms with van der Waals surface area (Å²) in [5, 5.41) is 16.9. The molecule has 0 heterocycles. The van der Waals surface area contributed by atoms with Crippen LogP contribution in [-0.2, 0) is 19.1 Å². The fourth-order valence-corrected chi connectivity index (χ4v) is 3.59. The Kier molecular flexibility index (Phi) is 20.3. The maximum Gasteiger partial charge on any atom is 0.335 e. The summed E-state index contributed by atoms with van der Waals surface area (Å²) in [4.78, 5) is 32.0. The van der Waals surface area contributed by atoms with Crippen LogP contribution < -0.4 is 4.74 Å². The van der Waals surface area contributed by atoms with Crippen molar-refractivity contribution >= 4 is 23.5 Å². The zero-order chi connectivity index (χ0) is 31.2. The molecule has 0 aliphatic heterocycles. The van der Waals surface area contributed by atoms with E-state index < -0.39 is 17.9 Å². The summed E-state index contributed by atoms with van der Waals surface area (Å²) in [5.41, 5.74) is 5.29. The summed E-state index contributed by atoms with van der Waals surface area (Å²) >= 11 is 0. The fourth-order valence-electron chi connectivity index (χ4n) is 3.59. The topological polar surface area (TPSA) is 110 Å². The Morgan fingerprint density at radius 3 is 1.53 bits per heavy atom. The predicted octanol–water partition coefficient (Wildman–Crippen LogP) is 7.19. The quantitative estimate of drug-likeness (QED) is 0.199. The second-order valence-corrected chi connectivity index (χ2v) is 8.83. The van der Waals surface area contributed by atoms with E-state index in [-0.39, 0.29) is 4.70 Å². The molecule has 0 fully saturated rings. The number of allylic oxidation sites excluding steroid dienone is 7. The lowest BCUT2D eigenvalue weighted by Gasteiger charge is -2.19. The van der Waals surface area contributed by atoms with Gasteiger partial charge in [-0.2, -0.15) is 0 Å². The normalized spacial score (nSPS) is 12.8. The lowest BCUT2D eigenvalue weighted by Crippen LogP contribution is -2.06. The molecular formula is C35H41FO7. The van der Waals surface area contributed by atoms with Crippen LogP contribution in [0.25, 0.3) is 5.57 Å². The number of aliphatic carboxylic acids is 1. The van der Waals surface area contributed by atoms with Crippen LogP contribution in [0.3, 0.4) is 0 Å². The van der Waals surface area contributed by atoms with Crippen LogP contribution in [0.5, 0.6) is 5.75 Å². The van der Waals surface area contributed by atoms with Gasteiger partial charge in [0.15, 0.2) is 0 Å². The van der Waals surface area contributed by atoms with E-state index in [1.807, 2.05) is 61.5 Å². The Morgan fingerprint density at radius 1 is 0.767 bits per heavy atom. The second kappa shape index (κ2) is 22.8. The summed E-state index contributed by atoms with van der Waals surface area (Å²) in [6, 6.07) is 19.4. The minimum Gasteiger partial charge on any atom is -0.478 e. The van der Waals surface area contributed by atoms with Gasteiger partial charge >= 0.3 is 17.9 Å². The van der Waals surface area contributed by atoms with E-state index in [1.165, 1.54) is 23.8 Å². The largest absolute Gasteiger partial charge is 0.478 e. The molecule has 43 heavy (non-hydrogen) atoms. The van der Waals surface area contributed by atoms with E-state index in [0.717, 1.165) is 43.4 Å². The number of benzene rings is 2. The Balaban J connectivity index is 0.000000849. The first-order chi connectivity index (χ1) is 20.3. The van der Waals surface area contributed by atoms with Gasteiger partial charge in [-0.3, -0.25) is 4.70 Å². The van der Waals surface area contributed by atoms with Crippen molar-refractivity contribution in [1.29, 1.82) is 0 Å². The number of rotatable bonds is 7. The Bertz CT molecular complexity index is 1260. The number of halogens is 1. The monoisotopic (exact) mass is 592 g/mol. The molecule has 2 aliphatic carbocycles. The molecule has 0 spiro atoms. The number of carboxylic acids is 1. The highest BCUT2D eigenvalue weighted by Gasteiger charge is 2.16. The molecule has 0 amide bonds. The van der Waals surface area contributed by atoms with Crippen molar-refractivity contribution in [3.8, 4) is 5.75 Å². The van der Waals surface area contributed by atoms with E-state index in [2.05, 4.69) is 30.0 Å². The smallest absolute Gasteiger partial charge is 0.335 e. The molecule has 2 aliphatic rings. The van der Waals surface area contributed by atoms with E-state index in [0.29, 0.717) is 24.4 Å². The number of carbonyl (C=O) groups excluding carboxylic acids is 2. The molecule has 4 rings (SSSR count). The number of ether oxygens (including phenoxy) is 2. The standard InChI is InChI=1S/C22H20O4.C6H6.C4H6O2.C3H8O.FH/c1-2-21(23)26-20-13-11-18(12-14-20)16-5-3-15(4-6-16)17-7-9-19(10-8-17)22(24)25;1-2-4-6-5-3-1;1-3-4(5)6-2;1-2-3-4;/h2-3,5,7,9,11-14H,1,4,6,8,10H2,(H,24,25);1-6H;3H,1H2,2H3;4H,2-3H2,1H3;1H. The lowest BCUT2D eigenvalue weighted by atomic mass is 9.86. The molecule has 8 heteroatoms. The zero-order valence-corrected chi connectivity index (χ0v) is 24.7. The predicted molar refractivity (Wildman–Crippen MR) is 169 cm³/mol. The summed E-state index contributed by atoms with van der Waals surface area (Å²) in [6.45, 7) is 8.79. The first kappa shape index (κ1) is 38.2. The average Bonchev–Trinajstić information content (AvgIpc) is 3.06. The SMILES string of the molecule is C=CC(=O)OC.C=CC(=O)Oc1ccc(C2=CC=C(C3=CC=C(C(=O)O)CC3)CC2)cc1.CCCO.F.c1ccccc1. The van der Waals surface area contributed by atoms with Gasteiger partial charge in [-0.15, -0.1) is 0 Å². The van der Waals surface area contributed by atoms with Gasteiger partial charge in [0.1, 0.15) is 5.75 Å². The van der Waals surface area contributed by atoms with E-state index in [4.69, 9.17) is 14.9 Å². The highest BCUT2D eigenvalue weighted by molar-refractivity contribution is 5.87. The van der Waals surface area contributed by atoms with Crippen LogP contribution in [0.2, 0.25) is 0 Å². The molecular weight excluding hydrogens is 551 g/mol. The molecule has 7 nitrogen and oxygen atoms in total. The Hall–Kier alpha value is -4.82. The number of carboxylic acid groups (broad SMARTS) is 1. The highest BCUT2D eigenvalue weighted by atomic mass is 19.0. The highest BCUT2D eigenvalue weighted by Crippen LogP contribution is 2.34. The molecule has 0 unspecified atom stereocenters. The maximum atomic E-state index is 11.2. The third-order valence-electron chi connectivity index (χ3n) is 5.85. The molecule has 0 aromatic heterocycles. The molecule has 2 N–H and O–H groups in total. The van der Waals surface area contributed by atoms with Crippen molar-refractivity contribution in [2.24, 2.45) is 0 Å². The minimum absolute atomic E-state index is 0. The van der Waals surface area contributed by atoms with Crippen LogP contribution in [-0.4, -0.2) is 41.8 Å². The third kappa shape index (κ3) is 15.7. The van der Waals surface area contributed by atoms with E-state index in [9.17, 15) is 14.4 Å². The van der Waals surface area contributed by atoms with Gasteiger partial charge in [0.25, 0.3) is 0 Å². The van der Waals surface area contributed by atoms with Crippen LogP contribution in [0.1, 0.15) is 44.6 Å². The number of hydrogen-bond acceptors (Lipinski definition) is 6. The summed E-state index contributed by atoms with van der Waals surface area (Å²) in [7, 11) is 1.31. The second-order valence-electron chi connectivity index (χ2n) is 8.83. The molecule has 230 valence electrons. The van der Waals surface area contributed by atoms with Crippen molar-refractivity contribution in [2.75, 3.05) is 13.7 Å². The average molecular weight is 593 g/mol. The number of methoxy groups -OCH3 is 1. The first-order valence-electron chi connectivity index (χ1n) is 13.6. The van der Waals surface area contributed by atoms with Crippen molar-refractivity contribution < 1.29 is 38.8 Å². The zero-order valence-electron chi connectivity index (χ0n) is 24.7. The van der Waals surface area contributed by atoms with Crippen molar-refractivity contribution in [3.05, 3.63) is 133 Å². The Morgan fingerprint density at radius 2 is 1.21 bits per heavy atom. The summed E-state index contributed by atoms with van der Waals surface area (Å²) in [6.07, 6.45) is 14.2. The molecule has 0 bridgehead atoms. The van der Waals surface area contributed by atoms with Gasteiger partial charge in [0.05, 0.1) is 7.11 Å².